The van der Waals surface area contributed by atoms with Gasteiger partial charge in [0.2, 0.25) is 0 Å². The Labute approximate surface area is 110 Å². The van der Waals surface area contributed by atoms with E-state index in [4.69, 9.17) is 5.73 Å². The standard InChI is InChI=1S/C16H22N2/c1-4-8-13(2)11-12-14(3)18-16(17)15-9-6-5-7-10-15/h5-10,12H,4,11H2,1-3H3,(H2,17,18)/b13-8+,14-12-. The second kappa shape index (κ2) is 7.49. The maximum absolute atomic E-state index is 5.96. The summed E-state index contributed by atoms with van der Waals surface area (Å²) in [4.78, 5) is 4.41. The molecule has 0 atom stereocenters. The molecule has 0 bridgehead atoms. The Kier molecular flexibility index (Phi) is 5.92. The largest absolute Gasteiger partial charge is 0.383 e. The molecule has 0 spiro atoms. The number of nitrogens with two attached hydrogens (primary N) is 1. The van der Waals surface area contributed by atoms with Gasteiger partial charge in [0.15, 0.2) is 0 Å². The molecule has 96 valence electrons. The molecule has 2 heteroatoms. The number of benzene rings is 1. The van der Waals surface area contributed by atoms with Gasteiger partial charge < -0.3 is 5.73 Å². The predicted octanol–water partition coefficient (Wildman–Crippen LogP) is 4.04. The van der Waals surface area contributed by atoms with Crippen molar-refractivity contribution in [2.75, 3.05) is 0 Å². The van der Waals surface area contributed by atoms with Gasteiger partial charge in [-0.15, -0.1) is 0 Å². The zero-order chi connectivity index (χ0) is 13.4. The molecule has 0 fully saturated rings. The Morgan fingerprint density at radius 3 is 2.44 bits per heavy atom. The van der Waals surface area contributed by atoms with Crippen molar-refractivity contribution >= 4 is 5.84 Å². The predicted molar refractivity (Wildman–Crippen MR) is 79.6 cm³/mol. The first kappa shape index (κ1) is 14.2. The summed E-state index contributed by atoms with van der Waals surface area (Å²) in [6, 6.07) is 9.83. The number of rotatable bonds is 5. The topological polar surface area (TPSA) is 38.4 Å². The van der Waals surface area contributed by atoms with Crippen LogP contribution in [-0.4, -0.2) is 5.84 Å². The summed E-state index contributed by atoms with van der Waals surface area (Å²) in [7, 11) is 0. The van der Waals surface area contributed by atoms with Gasteiger partial charge in [-0.05, 0) is 26.7 Å². The van der Waals surface area contributed by atoms with Crippen molar-refractivity contribution in [1.82, 2.24) is 0 Å². The van der Waals surface area contributed by atoms with Crippen LogP contribution in [0.25, 0.3) is 0 Å². The van der Waals surface area contributed by atoms with E-state index >= 15 is 0 Å². The SMILES string of the molecule is CC/C=C(\C)C/C=C(/C)N=C(N)c1ccccc1. The second-order valence-corrected chi connectivity index (χ2v) is 4.37. The highest BCUT2D eigenvalue weighted by Crippen LogP contribution is 2.07. The molecule has 0 amide bonds. The number of hydrogen-bond acceptors (Lipinski definition) is 1. The van der Waals surface area contributed by atoms with Gasteiger partial charge in [0.1, 0.15) is 5.84 Å². The molecule has 1 aromatic carbocycles. The lowest BCUT2D eigenvalue weighted by atomic mass is 10.1. The Morgan fingerprint density at radius 2 is 1.83 bits per heavy atom. The number of allylic oxidation sites excluding steroid dienone is 4. The molecule has 1 aromatic rings. The van der Waals surface area contributed by atoms with Gasteiger partial charge in [-0.25, -0.2) is 4.99 Å². The van der Waals surface area contributed by atoms with Crippen molar-refractivity contribution in [3.8, 4) is 0 Å². The van der Waals surface area contributed by atoms with E-state index in [0.29, 0.717) is 5.84 Å². The second-order valence-electron chi connectivity index (χ2n) is 4.37. The quantitative estimate of drug-likeness (QED) is 0.472. The van der Waals surface area contributed by atoms with E-state index in [1.54, 1.807) is 0 Å². The number of aliphatic imine (C=N–C) groups is 1. The molecule has 0 aromatic heterocycles. The third-order valence-electron chi connectivity index (χ3n) is 2.64. The maximum Gasteiger partial charge on any atom is 0.130 e. The lowest BCUT2D eigenvalue weighted by Gasteiger charge is -2.01. The van der Waals surface area contributed by atoms with E-state index in [-0.39, 0.29) is 0 Å². The van der Waals surface area contributed by atoms with Crippen molar-refractivity contribution in [1.29, 1.82) is 0 Å². The van der Waals surface area contributed by atoms with Crippen molar-refractivity contribution < 1.29 is 0 Å². The lowest BCUT2D eigenvalue weighted by Crippen LogP contribution is -2.12. The van der Waals surface area contributed by atoms with Crippen LogP contribution in [0.4, 0.5) is 0 Å². The molecule has 0 heterocycles. The Morgan fingerprint density at radius 1 is 1.17 bits per heavy atom. The fraction of sp³-hybridized carbons (Fsp3) is 0.312. The van der Waals surface area contributed by atoms with E-state index in [0.717, 1.165) is 24.1 Å². The van der Waals surface area contributed by atoms with Gasteiger partial charge in [-0.1, -0.05) is 55.0 Å². The van der Waals surface area contributed by atoms with Gasteiger partial charge in [0, 0.05) is 11.3 Å². The molecule has 2 N–H and O–H groups in total. The van der Waals surface area contributed by atoms with Crippen LogP contribution < -0.4 is 5.73 Å². The normalized spacial score (nSPS) is 13.8. The van der Waals surface area contributed by atoms with Crippen LogP contribution in [0.3, 0.4) is 0 Å². The molecule has 0 saturated carbocycles. The summed E-state index contributed by atoms with van der Waals surface area (Å²) in [5.41, 5.74) is 9.24. The summed E-state index contributed by atoms with van der Waals surface area (Å²) in [6.07, 6.45) is 6.35. The third-order valence-corrected chi connectivity index (χ3v) is 2.64. The van der Waals surface area contributed by atoms with Crippen LogP contribution in [-0.2, 0) is 0 Å². The Balaban J connectivity index is 2.71. The molecular weight excluding hydrogens is 220 g/mol. The Hall–Kier alpha value is -1.83. The summed E-state index contributed by atoms with van der Waals surface area (Å²) >= 11 is 0. The summed E-state index contributed by atoms with van der Waals surface area (Å²) < 4.78 is 0. The number of amidine groups is 1. The van der Waals surface area contributed by atoms with Crippen LogP contribution in [0.15, 0.2) is 58.7 Å². The van der Waals surface area contributed by atoms with E-state index in [1.165, 1.54) is 5.57 Å². The molecule has 0 aliphatic heterocycles. The maximum atomic E-state index is 5.96. The first-order chi connectivity index (χ1) is 8.63. The molecule has 0 saturated heterocycles. The minimum Gasteiger partial charge on any atom is -0.383 e. The minimum absolute atomic E-state index is 0.571. The fourth-order valence-electron chi connectivity index (χ4n) is 1.65. The highest BCUT2D eigenvalue weighted by Gasteiger charge is 1.96. The number of nitrogens with zero attached hydrogens (tertiary/aromatic N) is 1. The first-order valence-corrected chi connectivity index (χ1v) is 6.35. The summed E-state index contributed by atoms with van der Waals surface area (Å²) in [5, 5.41) is 0. The van der Waals surface area contributed by atoms with Crippen molar-refractivity contribution in [2.24, 2.45) is 10.7 Å². The van der Waals surface area contributed by atoms with Crippen molar-refractivity contribution in [3.63, 3.8) is 0 Å². The van der Waals surface area contributed by atoms with E-state index in [2.05, 4.69) is 31.0 Å². The van der Waals surface area contributed by atoms with Gasteiger partial charge in [0.25, 0.3) is 0 Å². The lowest BCUT2D eigenvalue weighted by molar-refractivity contribution is 1.10. The summed E-state index contributed by atoms with van der Waals surface area (Å²) in [6.45, 7) is 6.26. The molecule has 0 aliphatic carbocycles. The summed E-state index contributed by atoms with van der Waals surface area (Å²) in [5.74, 6) is 0.571. The van der Waals surface area contributed by atoms with Crippen LogP contribution in [0.5, 0.6) is 0 Å². The Bertz CT molecular complexity index is 453. The van der Waals surface area contributed by atoms with Crippen molar-refractivity contribution in [2.45, 2.75) is 33.6 Å². The van der Waals surface area contributed by atoms with Gasteiger partial charge in [-0.3, -0.25) is 0 Å². The van der Waals surface area contributed by atoms with Crippen LogP contribution >= 0.6 is 0 Å². The van der Waals surface area contributed by atoms with Gasteiger partial charge in [-0.2, -0.15) is 0 Å². The average molecular weight is 242 g/mol. The highest BCUT2D eigenvalue weighted by molar-refractivity contribution is 5.97. The van der Waals surface area contributed by atoms with Crippen molar-refractivity contribution in [3.05, 3.63) is 59.3 Å². The molecule has 0 aliphatic rings. The van der Waals surface area contributed by atoms with Gasteiger partial charge in [0.05, 0.1) is 0 Å². The molecular formula is C16H22N2. The fourth-order valence-corrected chi connectivity index (χ4v) is 1.65. The van der Waals surface area contributed by atoms with Crippen LogP contribution in [0.1, 0.15) is 39.2 Å². The minimum atomic E-state index is 0.571. The third kappa shape index (κ3) is 5.00. The van der Waals surface area contributed by atoms with Crippen LogP contribution in [0, 0.1) is 0 Å². The zero-order valence-electron chi connectivity index (χ0n) is 11.5. The zero-order valence-corrected chi connectivity index (χ0v) is 11.5. The molecule has 1 rings (SSSR count). The smallest absolute Gasteiger partial charge is 0.130 e. The van der Waals surface area contributed by atoms with Crippen LogP contribution in [0.2, 0.25) is 0 Å². The first-order valence-electron chi connectivity index (χ1n) is 6.35. The monoisotopic (exact) mass is 242 g/mol. The van der Waals surface area contributed by atoms with E-state index in [1.807, 2.05) is 37.3 Å². The average Bonchev–Trinajstić information content (AvgIpc) is 2.38. The van der Waals surface area contributed by atoms with E-state index < -0.39 is 0 Å². The molecule has 2 nitrogen and oxygen atoms in total. The molecule has 0 unspecified atom stereocenters. The molecule has 18 heavy (non-hydrogen) atoms. The molecule has 0 radical (unpaired) electrons. The van der Waals surface area contributed by atoms with Gasteiger partial charge >= 0.3 is 0 Å². The highest BCUT2D eigenvalue weighted by atomic mass is 14.9. The van der Waals surface area contributed by atoms with E-state index in [9.17, 15) is 0 Å². The number of hydrogen-bond donors (Lipinski definition) is 1.